The van der Waals surface area contributed by atoms with Gasteiger partial charge in [0, 0.05) is 43.3 Å². The molecule has 0 aromatic heterocycles. The molecule has 0 unspecified atom stereocenters. The van der Waals surface area contributed by atoms with Crippen molar-refractivity contribution in [3.8, 4) is 5.75 Å². The number of hydrogen-bond acceptors (Lipinski definition) is 4. The maximum Gasteiger partial charge on any atom is 0.238 e. The summed E-state index contributed by atoms with van der Waals surface area (Å²) >= 11 is 0. The van der Waals surface area contributed by atoms with E-state index >= 15 is 0 Å². The van der Waals surface area contributed by atoms with Crippen LogP contribution in [0.3, 0.4) is 0 Å². The highest BCUT2D eigenvalue weighted by Crippen LogP contribution is 2.19. The van der Waals surface area contributed by atoms with Crippen molar-refractivity contribution in [3.63, 3.8) is 0 Å². The van der Waals surface area contributed by atoms with Gasteiger partial charge in [-0.1, -0.05) is 26.8 Å². The molecule has 0 spiro atoms. The average molecular weight is 333 g/mol. The van der Waals surface area contributed by atoms with Crippen LogP contribution in [0.1, 0.15) is 20.8 Å². The van der Waals surface area contributed by atoms with E-state index in [4.69, 9.17) is 4.74 Å². The first-order chi connectivity index (χ1) is 11.3. The first-order valence-electron chi connectivity index (χ1n) is 8.25. The lowest BCUT2D eigenvalue weighted by molar-refractivity contribution is -0.141. The zero-order chi connectivity index (χ0) is 17.7. The van der Waals surface area contributed by atoms with Crippen molar-refractivity contribution < 1.29 is 14.3 Å². The Morgan fingerprint density at radius 3 is 2.42 bits per heavy atom. The second-order valence-electron chi connectivity index (χ2n) is 7.10. The summed E-state index contributed by atoms with van der Waals surface area (Å²) in [7, 11) is 1.60. The Balaban J connectivity index is 1.81. The van der Waals surface area contributed by atoms with E-state index in [9.17, 15) is 9.59 Å². The highest BCUT2D eigenvalue weighted by atomic mass is 16.5. The fourth-order valence-electron chi connectivity index (χ4n) is 2.69. The van der Waals surface area contributed by atoms with Crippen LogP contribution >= 0.6 is 0 Å². The smallest absolute Gasteiger partial charge is 0.238 e. The first kappa shape index (κ1) is 18.3. The number of amides is 2. The molecule has 1 fully saturated rings. The number of carbonyl (C=O) groups is 2. The lowest BCUT2D eigenvalue weighted by Gasteiger charge is -2.37. The topological polar surface area (TPSA) is 61.9 Å². The van der Waals surface area contributed by atoms with Crippen LogP contribution in [0.5, 0.6) is 5.75 Å². The van der Waals surface area contributed by atoms with E-state index in [0.29, 0.717) is 38.5 Å². The number of anilines is 1. The number of piperazine rings is 1. The van der Waals surface area contributed by atoms with Crippen LogP contribution in [-0.4, -0.2) is 61.4 Å². The lowest BCUT2D eigenvalue weighted by Crippen LogP contribution is -2.52. The molecule has 1 N–H and O–H groups in total. The van der Waals surface area contributed by atoms with Crippen molar-refractivity contribution in [1.82, 2.24) is 9.80 Å². The highest BCUT2D eigenvalue weighted by Gasteiger charge is 2.29. The molecule has 1 aliphatic heterocycles. The van der Waals surface area contributed by atoms with E-state index in [0.717, 1.165) is 5.69 Å². The van der Waals surface area contributed by atoms with E-state index < -0.39 is 0 Å². The summed E-state index contributed by atoms with van der Waals surface area (Å²) < 4.78 is 5.15. The molecule has 1 aliphatic rings. The van der Waals surface area contributed by atoms with E-state index in [1.54, 1.807) is 13.2 Å². The zero-order valence-electron chi connectivity index (χ0n) is 15.0. The van der Waals surface area contributed by atoms with Crippen LogP contribution in [0.4, 0.5) is 5.69 Å². The molecule has 0 radical (unpaired) electrons. The van der Waals surface area contributed by atoms with Gasteiger partial charge in [0.25, 0.3) is 0 Å². The van der Waals surface area contributed by atoms with Crippen molar-refractivity contribution >= 4 is 17.5 Å². The molecule has 0 atom stereocenters. The maximum atomic E-state index is 12.3. The maximum absolute atomic E-state index is 12.3. The van der Waals surface area contributed by atoms with Crippen LogP contribution in [0.15, 0.2) is 24.3 Å². The second kappa shape index (κ2) is 7.66. The van der Waals surface area contributed by atoms with Gasteiger partial charge in [-0.3, -0.25) is 14.5 Å². The fraction of sp³-hybridized carbons (Fsp3) is 0.556. The molecule has 2 rings (SSSR count). The lowest BCUT2D eigenvalue weighted by atomic mass is 9.94. The monoisotopic (exact) mass is 333 g/mol. The van der Waals surface area contributed by atoms with Gasteiger partial charge in [0.15, 0.2) is 0 Å². The minimum atomic E-state index is -0.355. The molecular formula is C18H27N3O3. The molecule has 1 heterocycles. The fourth-order valence-corrected chi connectivity index (χ4v) is 2.69. The molecule has 0 saturated carbocycles. The molecule has 2 amide bonds. The van der Waals surface area contributed by atoms with Gasteiger partial charge in [-0.2, -0.15) is 0 Å². The number of nitrogens with zero attached hydrogens (tertiary/aromatic N) is 2. The first-order valence-corrected chi connectivity index (χ1v) is 8.25. The third-order valence-corrected chi connectivity index (χ3v) is 4.02. The van der Waals surface area contributed by atoms with Crippen LogP contribution in [0.2, 0.25) is 0 Å². The number of carbonyl (C=O) groups excluding carboxylic acids is 2. The SMILES string of the molecule is COc1cccc(NC(=O)CN2CCN(C(=O)C(C)(C)C)CC2)c1. The van der Waals surface area contributed by atoms with E-state index in [2.05, 4.69) is 10.2 Å². The third kappa shape index (κ3) is 4.96. The third-order valence-electron chi connectivity index (χ3n) is 4.02. The molecule has 6 nitrogen and oxygen atoms in total. The summed E-state index contributed by atoms with van der Waals surface area (Å²) in [6.45, 7) is 8.90. The Hall–Kier alpha value is -2.08. The van der Waals surface area contributed by atoms with E-state index in [1.165, 1.54) is 0 Å². The van der Waals surface area contributed by atoms with Crippen LogP contribution in [-0.2, 0) is 9.59 Å². The summed E-state index contributed by atoms with van der Waals surface area (Å²) in [6.07, 6.45) is 0. The molecule has 1 saturated heterocycles. The largest absolute Gasteiger partial charge is 0.497 e. The Morgan fingerprint density at radius 2 is 1.83 bits per heavy atom. The quantitative estimate of drug-likeness (QED) is 0.913. The van der Waals surface area contributed by atoms with Crippen molar-refractivity contribution in [3.05, 3.63) is 24.3 Å². The summed E-state index contributed by atoms with van der Waals surface area (Å²) in [4.78, 5) is 28.4. The molecule has 1 aromatic carbocycles. The number of benzene rings is 1. The van der Waals surface area contributed by atoms with Crippen LogP contribution in [0.25, 0.3) is 0 Å². The average Bonchev–Trinajstić information content (AvgIpc) is 2.54. The van der Waals surface area contributed by atoms with Gasteiger partial charge in [0.1, 0.15) is 5.75 Å². The van der Waals surface area contributed by atoms with Gasteiger partial charge >= 0.3 is 0 Å². The zero-order valence-corrected chi connectivity index (χ0v) is 15.0. The second-order valence-corrected chi connectivity index (χ2v) is 7.10. The predicted molar refractivity (Wildman–Crippen MR) is 94.1 cm³/mol. The van der Waals surface area contributed by atoms with Crippen molar-refractivity contribution in [2.75, 3.05) is 45.2 Å². The molecular weight excluding hydrogens is 306 g/mol. The molecule has 0 aliphatic carbocycles. The Labute approximate surface area is 143 Å². The van der Waals surface area contributed by atoms with Crippen molar-refractivity contribution in [2.45, 2.75) is 20.8 Å². The standard InChI is InChI=1S/C18H27N3O3/c1-18(2,3)17(23)21-10-8-20(9-11-21)13-16(22)19-14-6-5-7-15(12-14)24-4/h5-7,12H,8-11,13H2,1-4H3,(H,19,22). The van der Waals surface area contributed by atoms with Gasteiger partial charge in [0.05, 0.1) is 13.7 Å². The molecule has 0 bridgehead atoms. The molecule has 6 heteroatoms. The number of nitrogens with one attached hydrogen (secondary N) is 1. The van der Waals surface area contributed by atoms with Crippen LogP contribution < -0.4 is 10.1 Å². The number of hydrogen-bond donors (Lipinski definition) is 1. The summed E-state index contributed by atoms with van der Waals surface area (Å²) in [5.74, 6) is 0.823. The summed E-state index contributed by atoms with van der Waals surface area (Å²) in [5.41, 5.74) is 0.368. The van der Waals surface area contributed by atoms with Gasteiger partial charge in [-0.25, -0.2) is 0 Å². The van der Waals surface area contributed by atoms with Crippen molar-refractivity contribution in [1.29, 1.82) is 0 Å². The molecule has 132 valence electrons. The predicted octanol–water partition coefficient (Wildman–Crippen LogP) is 1.82. The van der Waals surface area contributed by atoms with Crippen molar-refractivity contribution in [2.24, 2.45) is 5.41 Å². The number of rotatable bonds is 4. The summed E-state index contributed by atoms with van der Waals surface area (Å²) in [6, 6.07) is 7.30. The van der Waals surface area contributed by atoms with E-state index in [-0.39, 0.29) is 17.2 Å². The highest BCUT2D eigenvalue weighted by molar-refractivity contribution is 5.92. The molecule has 24 heavy (non-hydrogen) atoms. The van der Waals surface area contributed by atoms with Gasteiger partial charge in [0.2, 0.25) is 11.8 Å². The minimum absolute atomic E-state index is 0.0566. The normalized spacial score (nSPS) is 15.9. The number of ether oxygens (including phenoxy) is 1. The van der Waals surface area contributed by atoms with E-state index in [1.807, 2.05) is 43.9 Å². The molecule has 1 aromatic rings. The minimum Gasteiger partial charge on any atom is -0.497 e. The summed E-state index contributed by atoms with van der Waals surface area (Å²) in [5, 5.41) is 2.88. The Kier molecular flexibility index (Phi) is 5.83. The van der Waals surface area contributed by atoms with Gasteiger partial charge in [-0.15, -0.1) is 0 Å². The van der Waals surface area contributed by atoms with Crippen LogP contribution in [0, 0.1) is 5.41 Å². The Morgan fingerprint density at radius 1 is 1.17 bits per heavy atom. The Bertz CT molecular complexity index is 587. The van der Waals surface area contributed by atoms with Gasteiger partial charge in [-0.05, 0) is 12.1 Å². The number of methoxy groups -OCH3 is 1. The van der Waals surface area contributed by atoms with Gasteiger partial charge < -0.3 is 15.0 Å².